The largest absolute Gasteiger partial charge is 0.309 e. The van der Waals surface area contributed by atoms with Crippen molar-refractivity contribution < 1.29 is 0 Å². The maximum atomic E-state index is 9.91. The third-order valence-electron chi connectivity index (χ3n) is 13.1. The van der Waals surface area contributed by atoms with Gasteiger partial charge in [-0.2, -0.15) is 10.5 Å². The van der Waals surface area contributed by atoms with Gasteiger partial charge in [0.1, 0.15) is 0 Å². The van der Waals surface area contributed by atoms with E-state index in [1.807, 2.05) is 36.4 Å². The third-order valence-corrected chi connectivity index (χ3v) is 13.1. The fourth-order valence-corrected chi connectivity index (χ4v) is 10.5. The Bertz CT molecular complexity index is 3550. The molecular weight excluding hydrogens is 777 g/mol. The van der Waals surface area contributed by atoms with Crippen molar-refractivity contribution in [3.8, 4) is 45.8 Å². The van der Waals surface area contributed by atoms with Gasteiger partial charge in [0.25, 0.3) is 0 Å². The summed E-state index contributed by atoms with van der Waals surface area (Å²) in [6.07, 6.45) is 0. The van der Waals surface area contributed by atoms with Gasteiger partial charge in [-0.05, 0) is 163 Å². The first-order valence-corrected chi connectivity index (χ1v) is 22.0. The summed E-state index contributed by atoms with van der Waals surface area (Å²) < 4.78 is 4.60. The summed E-state index contributed by atoms with van der Waals surface area (Å²) in [6, 6.07) is 65.4. The van der Waals surface area contributed by atoms with Crippen LogP contribution in [-0.4, -0.2) is 9.13 Å². The van der Waals surface area contributed by atoms with E-state index >= 15 is 0 Å². The van der Waals surface area contributed by atoms with Crippen molar-refractivity contribution in [1.29, 1.82) is 10.5 Å². The van der Waals surface area contributed by atoms with Gasteiger partial charge in [-0.3, -0.25) is 0 Å². The van der Waals surface area contributed by atoms with Gasteiger partial charge in [0.05, 0.1) is 45.3 Å². The molecule has 0 bridgehead atoms. The van der Waals surface area contributed by atoms with Crippen molar-refractivity contribution in [1.82, 2.24) is 9.13 Å². The minimum absolute atomic E-state index is 0.162. The van der Waals surface area contributed by atoms with E-state index in [0.717, 1.165) is 77.2 Å². The zero-order valence-corrected chi connectivity index (χ0v) is 37.0. The number of benzene rings is 9. The smallest absolute Gasteiger partial charge is 0.0991 e. The van der Waals surface area contributed by atoms with Crippen LogP contribution in [0.4, 0.5) is 0 Å². The number of nitrogens with zero attached hydrogens (tertiary/aromatic N) is 4. The van der Waals surface area contributed by atoms with Gasteiger partial charge in [0.2, 0.25) is 0 Å². The molecule has 0 saturated carbocycles. The van der Waals surface area contributed by atoms with E-state index in [0.29, 0.717) is 11.1 Å². The maximum absolute atomic E-state index is 9.91. The fraction of sp³-hybridized carbons (Fsp3) is 0.133. The molecule has 0 N–H and O–H groups in total. The van der Waals surface area contributed by atoms with Crippen LogP contribution in [0.1, 0.15) is 63.8 Å². The predicted octanol–water partition coefficient (Wildman–Crippen LogP) is 15.9. The number of aromatic nitrogens is 2. The van der Waals surface area contributed by atoms with E-state index in [1.165, 1.54) is 32.7 Å². The van der Waals surface area contributed by atoms with Gasteiger partial charge < -0.3 is 9.13 Å². The zero-order chi connectivity index (χ0) is 44.1. The summed E-state index contributed by atoms with van der Waals surface area (Å²) in [5, 5.41) is 29.3. The molecule has 0 amide bonds. The second-order valence-corrected chi connectivity index (χ2v) is 19.3. The molecule has 0 unspecified atom stereocenters. The highest BCUT2D eigenvalue weighted by atomic mass is 15.0. The number of hydrogen-bond acceptors (Lipinski definition) is 2. The predicted molar refractivity (Wildman–Crippen MR) is 268 cm³/mol. The quantitative estimate of drug-likeness (QED) is 0.166. The van der Waals surface area contributed by atoms with Crippen molar-refractivity contribution in [3.05, 3.63) is 192 Å². The highest BCUT2D eigenvalue weighted by Gasteiger charge is 2.28. The molecule has 0 saturated heterocycles. The number of para-hydroxylation sites is 2. The normalized spacial score (nSPS) is 12.2. The molecule has 0 aliphatic heterocycles. The summed E-state index contributed by atoms with van der Waals surface area (Å²) in [4.78, 5) is 0. The molecule has 9 aromatic carbocycles. The lowest BCUT2D eigenvalue weighted by atomic mass is 9.73. The Morgan fingerprint density at radius 3 is 0.984 bits per heavy atom. The first-order chi connectivity index (χ1) is 30.9. The molecule has 2 heterocycles. The number of hydrogen-bond donors (Lipinski definition) is 0. The maximum Gasteiger partial charge on any atom is 0.0991 e. The van der Waals surface area contributed by atoms with Crippen molar-refractivity contribution in [2.45, 2.75) is 52.4 Å². The Kier molecular flexibility index (Phi) is 8.72. The zero-order valence-electron chi connectivity index (χ0n) is 37.0. The van der Waals surface area contributed by atoms with E-state index in [4.69, 9.17) is 0 Å². The van der Waals surface area contributed by atoms with Gasteiger partial charge >= 0.3 is 0 Å². The van der Waals surface area contributed by atoms with Crippen LogP contribution in [0.2, 0.25) is 0 Å². The topological polar surface area (TPSA) is 57.4 Å². The van der Waals surface area contributed by atoms with Crippen LogP contribution in [0, 0.1) is 22.7 Å². The summed E-state index contributed by atoms with van der Waals surface area (Å²) in [7, 11) is 0. The van der Waals surface area contributed by atoms with Crippen LogP contribution in [-0.2, 0) is 10.8 Å². The number of rotatable bonds is 4. The van der Waals surface area contributed by atoms with Gasteiger partial charge in [-0.15, -0.1) is 0 Å². The van der Waals surface area contributed by atoms with Crippen molar-refractivity contribution in [2.75, 3.05) is 0 Å². The first-order valence-electron chi connectivity index (χ1n) is 22.0. The van der Waals surface area contributed by atoms with Gasteiger partial charge in [0, 0.05) is 32.9 Å². The van der Waals surface area contributed by atoms with Crippen molar-refractivity contribution in [2.24, 2.45) is 0 Å². The van der Waals surface area contributed by atoms with E-state index in [1.54, 1.807) is 0 Å². The second-order valence-electron chi connectivity index (χ2n) is 19.3. The molecule has 2 aromatic heterocycles. The molecule has 11 aromatic rings. The van der Waals surface area contributed by atoms with Crippen LogP contribution in [0.15, 0.2) is 170 Å². The molecule has 0 atom stereocenters. The summed E-state index contributed by atoms with van der Waals surface area (Å²) in [5.74, 6) is 0. The minimum atomic E-state index is -0.162. The molecule has 11 rings (SSSR count). The Morgan fingerprint density at radius 2 is 0.641 bits per heavy atom. The highest BCUT2D eigenvalue weighted by molar-refractivity contribution is 6.14. The molecule has 64 heavy (non-hydrogen) atoms. The van der Waals surface area contributed by atoms with Crippen LogP contribution in [0.5, 0.6) is 0 Å². The molecule has 0 radical (unpaired) electrons. The average molecular weight is 823 g/mol. The van der Waals surface area contributed by atoms with E-state index < -0.39 is 0 Å². The van der Waals surface area contributed by atoms with Gasteiger partial charge in [-0.1, -0.05) is 114 Å². The minimum Gasteiger partial charge on any atom is -0.309 e. The summed E-state index contributed by atoms with van der Waals surface area (Å²) in [6.45, 7) is 14.0. The lowest BCUT2D eigenvalue weighted by molar-refractivity contribution is 0.593. The Labute approximate surface area is 373 Å². The first kappa shape index (κ1) is 39.0. The molecule has 306 valence electrons. The molecule has 0 fully saturated rings. The number of nitriles is 2. The lowest BCUT2D eigenvalue weighted by Gasteiger charge is -2.31. The molecule has 0 spiro atoms. The Balaban J connectivity index is 1.12. The van der Waals surface area contributed by atoms with E-state index in [2.05, 4.69) is 196 Å². The van der Waals surface area contributed by atoms with E-state index in [-0.39, 0.29) is 10.8 Å². The van der Waals surface area contributed by atoms with Crippen molar-refractivity contribution in [3.63, 3.8) is 0 Å². The van der Waals surface area contributed by atoms with Gasteiger partial charge in [-0.25, -0.2) is 0 Å². The lowest BCUT2D eigenvalue weighted by Crippen LogP contribution is -2.17. The highest BCUT2D eigenvalue weighted by Crippen LogP contribution is 2.47. The molecule has 4 nitrogen and oxygen atoms in total. The number of fused-ring (bicyclic) bond motifs is 8. The Hall–Kier alpha value is -7.92. The molecule has 0 aliphatic carbocycles. The molecular formula is C60H46N4. The van der Waals surface area contributed by atoms with Crippen LogP contribution in [0.3, 0.4) is 0 Å². The van der Waals surface area contributed by atoms with Crippen LogP contribution >= 0.6 is 0 Å². The molecule has 0 aliphatic rings. The van der Waals surface area contributed by atoms with Crippen LogP contribution in [0.25, 0.3) is 98.8 Å². The standard InChI is InChI=1S/C60H46N4/c1-59(2,3)57-45-23-19-40(42-22-28-56-50(32-42)48-30-38(36-62)18-26-54(48)64(56)44-15-11-8-12-16-44)34-52(45)58(60(4,5)6)46-24-20-39(33-51(46)57)41-21-27-55-49(31-41)47-29-37(35-61)17-25-53(47)63(55)43-13-9-7-10-14-43/h7-34H,1-6H3. The summed E-state index contributed by atoms with van der Waals surface area (Å²) >= 11 is 0. The Morgan fingerprint density at radius 1 is 0.328 bits per heavy atom. The third kappa shape index (κ3) is 6.10. The molecule has 4 heteroatoms. The SMILES string of the molecule is CC(C)(C)c1c2ccc(-c3ccc4c(c3)c3cc(C#N)ccc3n4-c3ccccc3)cc2c(C(C)(C)C)c2ccc(-c3ccc4c(c3)c3cc(C#N)ccc3n4-c3ccccc3)cc12. The van der Waals surface area contributed by atoms with Crippen LogP contribution < -0.4 is 0 Å². The summed E-state index contributed by atoms with van der Waals surface area (Å²) in [5.41, 5.74) is 14.8. The fourth-order valence-electron chi connectivity index (χ4n) is 10.5. The van der Waals surface area contributed by atoms with Gasteiger partial charge in [0.15, 0.2) is 0 Å². The van der Waals surface area contributed by atoms with E-state index in [9.17, 15) is 10.5 Å². The second kappa shape index (κ2) is 14.3. The average Bonchev–Trinajstić information content (AvgIpc) is 3.81. The van der Waals surface area contributed by atoms with Crippen molar-refractivity contribution >= 4 is 65.2 Å². The monoisotopic (exact) mass is 822 g/mol.